The number of rotatable bonds is 4. The Balaban J connectivity index is 2.21. The van der Waals surface area contributed by atoms with Gasteiger partial charge in [-0.3, -0.25) is 0 Å². The Hall–Kier alpha value is -0.910. The van der Waals surface area contributed by atoms with E-state index in [9.17, 15) is 0 Å². The monoisotopic (exact) mass is 280 g/mol. The normalized spacial score (nSPS) is 10.4. The van der Waals surface area contributed by atoms with Crippen LogP contribution in [0.5, 0.6) is 0 Å². The second kappa shape index (κ2) is 5.62. The number of aromatic nitrogens is 2. The van der Waals surface area contributed by atoms with Crippen molar-refractivity contribution in [2.24, 2.45) is 0 Å². The molecule has 1 heterocycles. The zero-order chi connectivity index (χ0) is 12.3. The van der Waals surface area contributed by atoms with Crippen LogP contribution in [0, 0.1) is 3.95 Å². The van der Waals surface area contributed by atoms with Gasteiger partial charge >= 0.3 is 0 Å². The fourth-order valence-electron chi connectivity index (χ4n) is 1.40. The maximum absolute atomic E-state index is 5.28. The van der Waals surface area contributed by atoms with Crippen molar-refractivity contribution in [1.29, 1.82) is 0 Å². The molecule has 2 aromatic rings. The Kier molecular flexibility index (Phi) is 4.15. The molecule has 0 spiro atoms. The van der Waals surface area contributed by atoms with Crippen molar-refractivity contribution in [2.45, 2.75) is 10.9 Å². The van der Waals surface area contributed by atoms with Gasteiger partial charge in [0.2, 0.25) is 0 Å². The highest BCUT2D eigenvalue weighted by Gasteiger charge is 2.03. The highest BCUT2D eigenvalue weighted by atomic mass is 32.2. The molecule has 2 rings (SSSR count). The van der Waals surface area contributed by atoms with Gasteiger partial charge in [-0.2, -0.15) is 5.10 Å². The first-order chi connectivity index (χ1) is 8.22. The molecule has 0 fully saturated rings. The first-order valence-corrected chi connectivity index (χ1v) is 7.51. The molecule has 1 aromatic carbocycles. The minimum atomic E-state index is 0.729. The Morgan fingerprint density at radius 1 is 1.47 bits per heavy atom. The highest BCUT2D eigenvalue weighted by molar-refractivity contribution is 8.00. The average Bonchev–Trinajstić information content (AvgIpc) is 2.71. The van der Waals surface area contributed by atoms with E-state index in [1.807, 2.05) is 29.1 Å². The van der Waals surface area contributed by atoms with Crippen molar-refractivity contribution in [3.8, 4) is 0 Å². The lowest BCUT2D eigenvalue weighted by Crippen LogP contribution is -2.01. The molecule has 17 heavy (non-hydrogen) atoms. The molecule has 2 nitrogen and oxygen atoms in total. The van der Waals surface area contributed by atoms with Gasteiger partial charge in [-0.05, 0) is 29.6 Å². The maximum atomic E-state index is 5.28. The smallest absolute Gasteiger partial charge is 0.180 e. The molecule has 0 aliphatic heterocycles. The van der Waals surface area contributed by atoms with Crippen LogP contribution >= 0.6 is 35.3 Å². The zero-order valence-corrected chi connectivity index (χ0v) is 11.9. The Morgan fingerprint density at radius 2 is 2.18 bits per heavy atom. The molecule has 0 aliphatic rings. The lowest BCUT2D eigenvalue weighted by atomic mass is 10.1. The highest BCUT2D eigenvalue weighted by Crippen LogP contribution is 2.19. The molecular weight excluding hydrogens is 268 g/mol. The van der Waals surface area contributed by atoms with E-state index in [2.05, 4.69) is 23.8 Å². The zero-order valence-electron chi connectivity index (χ0n) is 9.42. The average molecular weight is 280 g/mol. The van der Waals surface area contributed by atoms with Crippen LogP contribution in [0.3, 0.4) is 0 Å². The van der Waals surface area contributed by atoms with E-state index in [1.165, 1.54) is 5.56 Å². The number of hydrogen-bond donors (Lipinski definition) is 0. The lowest BCUT2D eigenvalue weighted by Gasteiger charge is -2.02. The Bertz CT molecular complexity index is 566. The molecule has 1 aromatic heterocycles. The van der Waals surface area contributed by atoms with Crippen LogP contribution in [0.1, 0.15) is 11.1 Å². The van der Waals surface area contributed by atoms with Crippen molar-refractivity contribution in [3.05, 3.63) is 45.9 Å². The van der Waals surface area contributed by atoms with E-state index in [0.29, 0.717) is 0 Å². The van der Waals surface area contributed by atoms with Crippen LogP contribution in [-0.4, -0.2) is 16.0 Å². The second-order valence-corrected chi connectivity index (χ2v) is 6.12. The molecule has 0 amide bonds. The van der Waals surface area contributed by atoms with E-state index < -0.39 is 0 Å². The van der Waals surface area contributed by atoms with E-state index >= 15 is 0 Å². The standard InChI is InChI=1S/C12H12N2S3/c1-3-9-4-6-10(7-5-9)8-14-12(15)17-11(13-14)16-2/h3-7H,1,8H2,2H3. The van der Waals surface area contributed by atoms with Gasteiger partial charge in [0.15, 0.2) is 8.29 Å². The summed E-state index contributed by atoms with van der Waals surface area (Å²) in [4.78, 5) is 0. The topological polar surface area (TPSA) is 17.8 Å². The Labute approximate surface area is 114 Å². The fraction of sp³-hybridized carbons (Fsp3) is 0.167. The third-order valence-electron chi connectivity index (χ3n) is 2.31. The van der Waals surface area contributed by atoms with Gasteiger partial charge in [-0.15, -0.1) is 0 Å². The summed E-state index contributed by atoms with van der Waals surface area (Å²) in [6.07, 6.45) is 3.85. The summed E-state index contributed by atoms with van der Waals surface area (Å²) in [6, 6.07) is 8.26. The van der Waals surface area contributed by atoms with Crippen molar-refractivity contribution >= 4 is 41.4 Å². The van der Waals surface area contributed by atoms with Crippen molar-refractivity contribution in [2.75, 3.05) is 6.26 Å². The summed E-state index contributed by atoms with van der Waals surface area (Å²) >= 11 is 8.46. The van der Waals surface area contributed by atoms with E-state index in [-0.39, 0.29) is 0 Å². The summed E-state index contributed by atoms with van der Waals surface area (Å²) in [6.45, 7) is 4.47. The van der Waals surface area contributed by atoms with Gasteiger partial charge in [0.1, 0.15) is 0 Å². The number of nitrogens with zero attached hydrogens (tertiary/aromatic N) is 2. The van der Waals surface area contributed by atoms with Gasteiger partial charge in [-0.25, -0.2) is 4.68 Å². The molecule has 5 heteroatoms. The predicted molar refractivity (Wildman–Crippen MR) is 78.4 cm³/mol. The number of benzene rings is 1. The second-order valence-electron chi connectivity index (χ2n) is 3.44. The van der Waals surface area contributed by atoms with E-state index in [1.54, 1.807) is 23.1 Å². The van der Waals surface area contributed by atoms with Gasteiger partial charge < -0.3 is 0 Å². The van der Waals surface area contributed by atoms with Crippen LogP contribution in [-0.2, 0) is 6.54 Å². The minimum absolute atomic E-state index is 0.729. The summed E-state index contributed by atoms with van der Waals surface area (Å²) in [5, 5.41) is 4.44. The van der Waals surface area contributed by atoms with Crippen LogP contribution < -0.4 is 0 Å². The van der Waals surface area contributed by atoms with Crippen LogP contribution in [0.4, 0.5) is 0 Å². The van der Waals surface area contributed by atoms with Gasteiger partial charge in [0, 0.05) is 0 Å². The summed E-state index contributed by atoms with van der Waals surface area (Å²) in [5.41, 5.74) is 2.32. The van der Waals surface area contributed by atoms with Crippen LogP contribution in [0.15, 0.2) is 35.2 Å². The molecule has 0 atom stereocenters. The molecular formula is C12H12N2S3. The largest absolute Gasteiger partial charge is 0.239 e. The summed E-state index contributed by atoms with van der Waals surface area (Å²) in [7, 11) is 0. The Morgan fingerprint density at radius 3 is 2.71 bits per heavy atom. The lowest BCUT2D eigenvalue weighted by molar-refractivity contribution is 0.658. The number of thioether (sulfide) groups is 1. The summed E-state index contributed by atoms with van der Waals surface area (Å²) in [5.74, 6) is 0. The minimum Gasteiger partial charge on any atom is -0.239 e. The van der Waals surface area contributed by atoms with Crippen molar-refractivity contribution in [1.82, 2.24) is 9.78 Å². The molecule has 88 valence electrons. The maximum Gasteiger partial charge on any atom is 0.180 e. The third kappa shape index (κ3) is 3.06. The SMILES string of the molecule is C=Cc1ccc(Cn2nc(SC)sc2=S)cc1. The van der Waals surface area contributed by atoms with Gasteiger partial charge in [0.25, 0.3) is 0 Å². The fourth-order valence-corrected chi connectivity index (χ4v) is 3.15. The molecule has 0 aliphatic carbocycles. The predicted octanol–water partition coefficient (Wildman–Crippen LogP) is 4.09. The molecule has 0 unspecified atom stereocenters. The molecule has 0 saturated carbocycles. The quantitative estimate of drug-likeness (QED) is 0.620. The first-order valence-electron chi connectivity index (χ1n) is 5.06. The molecule has 0 bridgehead atoms. The summed E-state index contributed by atoms with van der Waals surface area (Å²) < 4.78 is 3.70. The molecule has 0 saturated heterocycles. The van der Waals surface area contributed by atoms with E-state index in [0.717, 1.165) is 20.4 Å². The molecule has 0 radical (unpaired) electrons. The van der Waals surface area contributed by atoms with Crippen LogP contribution in [0.25, 0.3) is 6.08 Å². The third-order valence-corrected chi connectivity index (χ3v) is 4.59. The molecule has 0 N–H and O–H groups in total. The van der Waals surface area contributed by atoms with Crippen molar-refractivity contribution in [3.63, 3.8) is 0 Å². The van der Waals surface area contributed by atoms with Crippen LogP contribution in [0.2, 0.25) is 0 Å². The van der Waals surface area contributed by atoms with Gasteiger partial charge in [0.05, 0.1) is 6.54 Å². The first kappa shape index (κ1) is 12.5. The van der Waals surface area contributed by atoms with Crippen molar-refractivity contribution < 1.29 is 0 Å². The van der Waals surface area contributed by atoms with Gasteiger partial charge in [-0.1, -0.05) is 60.0 Å². The number of hydrogen-bond acceptors (Lipinski definition) is 4. The van der Waals surface area contributed by atoms with E-state index in [4.69, 9.17) is 12.2 Å².